The fourth-order valence-electron chi connectivity index (χ4n) is 2.48. The van der Waals surface area contributed by atoms with E-state index in [1.165, 1.54) is 5.56 Å². The largest absolute Gasteiger partial charge is 0.491 e. The summed E-state index contributed by atoms with van der Waals surface area (Å²) >= 11 is 0. The summed E-state index contributed by atoms with van der Waals surface area (Å²) in [5, 5.41) is 4.61. The zero-order valence-electron chi connectivity index (χ0n) is 12.7. The molecule has 1 aromatic heterocycles. The Morgan fingerprint density at radius 2 is 2.00 bits per heavy atom. The highest BCUT2D eigenvalue weighted by molar-refractivity contribution is 5.66. The number of hydrogen-bond acceptors (Lipinski definition) is 3. The summed E-state index contributed by atoms with van der Waals surface area (Å²) in [6, 6.07) is 5.84. The van der Waals surface area contributed by atoms with E-state index in [9.17, 15) is 0 Å². The molecular formula is C16H23N3O. The molecule has 0 aliphatic heterocycles. The third-order valence-electron chi connectivity index (χ3n) is 3.53. The SMILES string of the molecule is CCCOc1cccc(-n2nc(C)c(CC)c2C)c1N. The van der Waals surface area contributed by atoms with Crippen LogP contribution in [0.2, 0.25) is 0 Å². The van der Waals surface area contributed by atoms with Crippen molar-refractivity contribution < 1.29 is 4.74 Å². The standard InChI is InChI=1S/C16H23N3O/c1-5-10-20-15-9-7-8-14(16(15)17)19-12(4)13(6-2)11(3)18-19/h7-9H,5-6,10,17H2,1-4H3. The summed E-state index contributed by atoms with van der Waals surface area (Å²) in [4.78, 5) is 0. The molecule has 2 N–H and O–H groups in total. The average Bonchev–Trinajstić information content (AvgIpc) is 2.72. The van der Waals surface area contributed by atoms with Crippen LogP contribution in [0.15, 0.2) is 18.2 Å². The first kappa shape index (κ1) is 14.4. The third kappa shape index (κ3) is 2.50. The number of para-hydroxylation sites is 1. The van der Waals surface area contributed by atoms with Crippen LogP contribution in [-0.4, -0.2) is 16.4 Å². The van der Waals surface area contributed by atoms with Crippen LogP contribution in [0.3, 0.4) is 0 Å². The molecule has 2 rings (SSSR count). The van der Waals surface area contributed by atoms with E-state index >= 15 is 0 Å². The van der Waals surface area contributed by atoms with Gasteiger partial charge in [-0.3, -0.25) is 0 Å². The summed E-state index contributed by atoms with van der Waals surface area (Å²) < 4.78 is 7.60. The lowest BCUT2D eigenvalue weighted by molar-refractivity contribution is 0.319. The number of aromatic nitrogens is 2. The van der Waals surface area contributed by atoms with Crippen LogP contribution in [0.1, 0.15) is 37.2 Å². The minimum absolute atomic E-state index is 0.647. The molecule has 0 saturated carbocycles. The Kier molecular flexibility index (Phi) is 4.32. The summed E-state index contributed by atoms with van der Waals surface area (Å²) in [5.74, 6) is 0.731. The third-order valence-corrected chi connectivity index (χ3v) is 3.53. The second-order valence-corrected chi connectivity index (χ2v) is 4.95. The van der Waals surface area contributed by atoms with Gasteiger partial charge in [0.15, 0.2) is 0 Å². The molecule has 1 heterocycles. The molecular weight excluding hydrogens is 250 g/mol. The molecule has 0 unspecified atom stereocenters. The molecule has 0 aliphatic rings. The van der Waals surface area contributed by atoms with Crippen molar-refractivity contribution in [2.75, 3.05) is 12.3 Å². The summed E-state index contributed by atoms with van der Waals surface area (Å²) in [7, 11) is 0. The van der Waals surface area contributed by atoms with Crippen LogP contribution in [-0.2, 0) is 6.42 Å². The first-order chi connectivity index (χ1) is 9.60. The van der Waals surface area contributed by atoms with Crippen molar-refractivity contribution in [2.24, 2.45) is 0 Å². The van der Waals surface area contributed by atoms with Crippen LogP contribution >= 0.6 is 0 Å². The van der Waals surface area contributed by atoms with Gasteiger partial charge < -0.3 is 10.5 Å². The zero-order valence-corrected chi connectivity index (χ0v) is 12.7. The maximum Gasteiger partial charge on any atom is 0.144 e. The molecule has 0 atom stereocenters. The van der Waals surface area contributed by atoms with Gasteiger partial charge in [-0.05, 0) is 44.4 Å². The summed E-state index contributed by atoms with van der Waals surface area (Å²) in [6.07, 6.45) is 1.94. The zero-order chi connectivity index (χ0) is 14.7. The van der Waals surface area contributed by atoms with Crippen LogP contribution < -0.4 is 10.5 Å². The van der Waals surface area contributed by atoms with Crippen molar-refractivity contribution in [1.82, 2.24) is 9.78 Å². The molecule has 0 saturated heterocycles. The van der Waals surface area contributed by atoms with E-state index in [1.54, 1.807) is 0 Å². The number of benzene rings is 1. The number of anilines is 1. The highest BCUT2D eigenvalue weighted by Crippen LogP contribution is 2.30. The van der Waals surface area contributed by atoms with Gasteiger partial charge in [0.1, 0.15) is 11.4 Å². The van der Waals surface area contributed by atoms with Crippen LogP contribution in [0, 0.1) is 13.8 Å². The monoisotopic (exact) mass is 273 g/mol. The van der Waals surface area contributed by atoms with Gasteiger partial charge in [-0.1, -0.05) is 19.9 Å². The van der Waals surface area contributed by atoms with E-state index in [0.29, 0.717) is 12.3 Å². The van der Waals surface area contributed by atoms with E-state index in [4.69, 9.17) is 10.5 Å². The van der Waals surface area contributed by atoms with Crippen LogP contribution in [0.5, 0.6) is 5.75 Å². The van der Waals surface area contributed by atoms with E-state index in [-0.39, 0.29) is 0 Å². The van der Waals surface area contributed by atoms with Gasteiger partial charge in [0.2, 0.25) is 0 Å². The van der Waals surface area contributed by atoms with Crippen molar-refractivity contribution in [3.63, 3.8) is 0 Å². The van der Waals surface area contributed by atoms with Gasteiger partial charge in [0.05, 0.1) is 18.0 Å². The molecule has 0 fully saturated rings. The second kappa shape index (κ2) is 5.99. The van der Waals surface area contributed by atoms with Gasteiger partial charge in [0.25, 0.3) is 0 Å². The fourth-order valence-corrected chi connectivity index (χ4v) is 2.48. The molecule has 4 nitrogen and oxygen atoms in total. The Balaban J connectivity index is 2.48. The predicted octanol–water partition coefficient (Wildman–Crippen LogP) is 3.42. The van der Waals surface area contributed by atoms with Crippen LogP contribution in [0.25, 0.3) is 5.69 Å². The predicted molar refractivity (Wildman–Crippen MR) is 82.6 cm³/mol. The highest BCUT2D eigenvalue weighted by atomic mass is 16.5. The number of hydrogen-bond donors (Lipinski definition) is 1. The Bertz CT molecular complexity index is 602. The molecule has 0 amide bonds. The number of nitrogens with zero attached hydrogens (tertiary/aromatic N) is 2. The number of nitrogens with two attached hydrogens (primary N) is 1. The molecule has 4 heteroatoms. The van der Waals surface area contributed by atoms with E-state index in [1.807, 2.05) is 29.8 Å². The van der Waals surface area contributed by atoms with E-state index < -0.39 is 0 Å². The molecule has 20 heavy (non-hydrogen) atoms. The number of nitrogen functional groups attached to an aromatic ring is 1. The van der Waals surface area contributed by atoms with Gasteiger partial charge in [0, 0.05) is 5.69 Å². The normalized spacial score (nSPS) is 10.8. The van der Waals surface area contributed by atoms with Crippen molar-refractivity contribution in [3.8, 4) is 11.4 Å². The van der Waals surface area contributed by atoms with Crippen molar-refractivity contribution in [2.45, 2.75) is 40.5 Å². The lowest BCUT2D eigenvalue weighted by atomic mass is 10.1. The van der Waals surface area contributed by atoms with Crippen molar-refractivity contribution in [3.05, 3.63) is 35.2 Å². The van der Waals surface area contributed by atoms with Gasteiger partial charge >= 0.3 is 0 Å². The maximum absolute atomic E-state index is 6.24. The molecule has 2 aromatic rings. The molecule has 1 aromatic carbocycles. The van der Waals surface area contributed by atoms with Gasteiger partial charge in [-0.25, -0.2) is 4.68 Å². The molecule has 0 radical (unpaired) electrons. The molecule has 0 bridgehead atoms. The maximum atomic E-state index is 6.24. The summed E-state index contributed by atoms with van der Waals surface area (Å²) in [6.45, 7) is 9.01. The molecule has 108 valence electrons. The smallest absolute Gasteiger partial charge is 0.144 e. The average molecular weight is 273 g/mol. The van der Waals surface area contributed by atoms with E-state index in [2.05, 4.69) is 25.9 Å². The van der Waals surface area contributed by atoms with Crippen LogP contribution in [0.4, 0.5) is 5.69 Å². The Labute approximate surface area is 120 Å². The Morgan fingerprint density at radius 1 is 1.25 bits per heavy atom. The number of aryl methyl sites for hydroxylation is 1. The minimum Gasteiger partial charge on any atom is -0.491 e. The first-order valence-electron chi connectivity index (χ1n) is 7.16. The summed E-state index contributed by atoms with van der Waals surface area (Å²) in [5.41, 5.74) is 11.3. The van der Waals surface area contributed by atoms with Crippen molar-refractivity contribution in [1.29, 1.82) is 0 Å². The van der Waals surface area contributed by atoms with Gasteiger partial charge in [-0.2, -0.15) is 5.10 Å². The molecule has 0 spiro atoms. The van der Waals surface area contributed by atoms with E-state index in [0.717, 1.165) is 35.7 Å². The van der Waals surface area contributed by atoms with Gasteiger partial charge in [-0.15, -0.1) is 0 Å². The fraction of sp³-hybridized carbons (Fsp3) is 0.438. The number of rotatable bonds is 5. The first-order valence-corrected chi connectivity index (χ1v) is 7.16. The Hall–Kier alpha value is -1.97. The molecule has 0 aliphatic carbocycles. The number of ether oxygens (including phenoxy) is 1. The lowest BCUT2D eigenvalue weighted by Crippen LogP contribution is -2.06. The highest BCUT2D eigenvalue weighted by Gasteiger charge is 2.14. The minimum atomic E-state index is 0.647. The topological polar surface area (TPSA) is 53.1 Å². The quantitative estimate of drug-likeness (QED) is 0.849. The lowest BCUT2D eigenvalue weighted by Gasteiger charge is -2.13. The Morgan fingerprint density at radius 3 is 2.60 bits per heavy atom. The second-order valence-electron chi connectivity index (χ2n) is 4.95. The van der Waals surface area contributed by atoms with Crippen molar-refractivity contribution >= 4 is 5.69 Å².